The molecular formula is C16H24BrNO. The van der Waals surface area contributed by atoms with E-state index < -0.39 is 0 Å². The lowest BCUT2D eigenvalue weighted by Gasteiger charge is -2.34. The Morgan fingerprint density at radius 1 is 1.32 bits per heavy atom. The first-order valence-corrected chi connectivity index (χ1v) is 7.98. The molecule has 1 aliphatic rings. The van der Waals surface area contributed by atoms with Crippen LogP contribution in [0.15, 0.2) is 28.7 Å². The maximum absolute atomic E-state index is 5.83. The van der Waals surface area contributed by atoms with Crippen LogP contribution in [0, 0.1) is 5.92 Å². The van der Waals surface area contributed by atoms with Gasteiger partial charge in [-0.25, -0.2) is 0 Å². The first-order chi connectivity index (χ1) is 9.06. The van der Waals surface area contributed by atoms with Crippen molar-refractivity contribution in [2.45, 2.75) is 51.8 Å². The SMILES string of the molecule is CC(C)C1CC(N[C@H](C)c2cccc(Br)c2)CCO1. The van der Waals surface area contributed by atoms with Crippen LogP contribution in [0.25, 0.3) is 0 Å². The van der Waals surface area contributed by atoms with Crippen LogP contribution in [-0.4, -0.2) is 18.8 Å². The van der Waals surface area contributed by atoms with Crippen LogP contribution in [0.1, 0.15) is 45.2 Å². The van der Waals surface area contributed by atoms with Gasteiger partial charge in [0.15, 0.2) is 0 Å². The maximum atomic E-state index is 5.83. The molecule has 0 saturated carbocycles. The highest BCUT2D eigenvalue weighted by molar-refractivity contribution is 9.10. The zero-order chi connectivity index (χ0) is 13.8. The van der Waals surface area contributed by atoms with Crippen molar-refractivity contribution in [2.24, 2.45) is 5.92 Å². The molecule has 1 saturated heterocycles. The van der Waals surface area contributed by atoms with Gasteiger partial charge in [-0.05, 0) is 43.4 Å². The van der Waals surface area contributed by atoms with Crippen LogP contribution in [0.4, 0.5) is 0 Å². The highest BCUT2D eigenvalue weighted by atomic mass is 79.9. The molecule has 1 heterocycles. The molecular weight excluding hydrogens is 302 g/mol. The molecule has 2 unspecified atom stereocenters. The third-order valence-electron chi connectivity index (χ3n) is 3.89. The van der Waals surface area contributed by atoms with Crippen LogP contribution in [0.3, 0.4) is 0 Å². The van der Waals surface area contributed by atoms with Crippen LogP contribution in [0.5, 0.6) is 0 Å². The zero-order valence-corrected chi connectivity index (χ0v) is 13.6. The molecule has 106 valence electrons. The fraction of sp³-hybridized carbons (Fsp3) is 0.625. The molecule has 1 aromatic carbocycles. The topological polar surface area (TPSA) is 21.3 Å². The van der Waals surface area contributed by atoms with Crippen molar-refractivity contribution in [2.75, 3.05) is 6.61 Å². The number of nitrogens with one attached hydrogen (secondary N) is 1. The van der Waals surface area contributed by atoms with Gasteiger partial charge in [0.25, 0.3) is 0 Å². The Morgan fingerprint density at radius 3 is 2.79 bits per heavy atom. The van der Waals surface area contributed by atoms with Crippen molar-refractivity contribution < 1.29 is 4.74 Å². The quantitative estimate of drug-likeness (QED) is 0.890. The van der Waals surface area contributed by atoms with Gasteiger partial charge in [-0.1, -0.05) is 41.9 Å². The average Bonchev–Trinajstić information content (AvgIpc) is 2.39. The Labute approximate surface area is 125 Å². The number of benzene rings is 1. The Kier molecular flexibility index (Phi) is 5.43. The fourth-order valence-electron chi connectivity index (χ4n) is 2.67. The average molecular weight is 326 g/mol. The summed E-state index contributed by atoms with van der Waals surface area (Å²) in [7, 11) is 0. The molecule has 2 rings (SSSR count). The molecule has 0 spiro atoms. The van der Waals surface area contributed by atoms with Gasteiger partial charge in [0, 0.05) is 23.2 Å². The van der Waals surface area contributed by atoms with E-state index in [1.807, 2.05) is 0 Å². The van der Waals surface area contributed by atoms with E-state index in [1.54, 1.807) is 0 Å². The predicted octanol–water partition coefficient (Wildman–Crippen LogP) is 4.30. The summed E-state index contributed by atoms with van der Waals surface area (Å²) in [6.07, 6.45) is 2.64. The molecule has 1 fully saturated rings. The van der Waals surface area contributed by atoms with Gasteiger partial charge in [-0.2, -0.15) is 0 Å². The number of rotatable bonds is 4. The minimum Gasteiger partial charge on any atom is -0.378 e. The van der Waals surface area contributed by atoms with Crippen LogP contribution >= 0.6 is 15.9 Å². The Hall–Kier alpha value is -0.380. The molecule has 0 aliphatic carbocycles. The first-order valence-electron chi connectivity index (χ1n) is 7.19. The Morgan fingerprint density at radius 2 is 2.11 bits per heavy atom. The monoisotopic (exact) mass is 325 g/mol. The van der Waals surface area contributed by atoms with E-state index in [9.17, 15) is 0 Å². The largest absolute Gasteiger partial charge is 0.378 e. The summed E-state index contributed by atoms with van der Waals surface area (Å²) in [5.74, 6) is 0.603. The second kappa shape index (κ2) is 6.87. The van der Waals surface area contributed by atoms with Gasteiger partial charge in [-0.3, -0.25) is 0 Å². The smallest absolute Gasteiger partial charge is 0.0612 e. The van der Waals surface area contributed by atoms with E-state index in [2.05, 4.69) is 66.3 Å². The zero-order valence-electron chi connectivity index (χ0n) is 12.0. The molecule has 1 N–H and O–H groups in total. The van der Waals surface area contributed by atoms with Crippen molar-refractivity contribution in [1.29, 1.82) is 0 Å². The molecule has 3 atom stereocenters. The molecule has 0 aromatic heterocycles. The van der Waals surface area contributed by atoms with Crippen LogP contribution in [0.2, 0.25) is 0 Å². The first kappa shape index (κ1) is 15.0. The maximum Gasteiger partial charge on any atom is 0.0612 e. The van der Waals surface area contributed by atoms with Crippen molar-refractivity contribution in [1.82, 2.24) is 5.32 Å². The van der Waals surface area contributed by atoms with E-state index in [0.717, 1.165) is 23.9 Å². The minimum absolute atomic E-state index is 0.383. The van der Waals surface area contributed by atoms with Crippen LogP contribution < -0.4 is 5.32 Å². The van der Waals surface area contributed by atoms with Gasteiger partial charge >= 0.3 is 0 Å². The van der Waals surface area contributed by atoms with Gasteiger partial charge in [0.2, 0.25) is 0 Å². The van der Waals surface area contributed by atoms with Crippen molar-refractivity contribution in [3.05, 3.63) is 34.3 Å². The third-order valence-corrected chi connectivity index (χ3v) is 4.39. The standard InChI is InChI=1S/C16H24BrNO/c1-11(2)16-10-15(7-8-19-16)18-12(3)13-5-4-6-14(17)9-13/h4-6,9,11-12,15-16,18H,7-8,10H2,1-3H3/t12-,15?,16?/m1/s1. The second-order valence-electron chi connectivity index (χ2n) is 5.82. The van der Waals surface area contributed by atoms with E-state index in [4.69, 9.17) is 4.74 Å². The minimum atomic E-state index is 0.383. The summed E-state index contributed by atoms with van der Waals surface area (Å²) in [5, 5.41) is 3.75. The molecule has 0 amide bonds. The van der Waals surface area contributed by atoms with Crippen molar-refractivity contribution >= 4 is 15.9 Å². The summed E-state index contributed by atoms with van der Waals surface area (Å²) in [4.78, 5) is 0. The van der Waals surface area contributed by atoms with Crippen molar-refractivity contribution in [3.8, 4) is 0 Å². The van der Waals surface area contributed by atoms with Crippen LogP contribution in [-0.2, 0) is 4.74 Å². The van der Waals surface area contributed by atoms with Gasteiger partial charge in [-0.15, -0.1) is 0 Å². The summed E-state index contributed by atoms with van der Waals surface area (Å²) in [6.45, 7) is 7.60. The highest BCUT2D eigenvalue weighted by Gasteiger charge is 2.25. The Bertz CT molecular complexity index is 407. The highest BCUT2D eigenvalue weighted by Crippen LogP contribution is 2.24. The molecule has 2 nitrogen and oxygen atoms in total. The number of ether oxygens (including phenoxy) is 1. The van der Waals surface area contributed by atoms with E-state index in [0.29, 0.717) is 24.1 Å². The molecule has 0 bridgehead atoms. The molecule has 3 heteroatoms. The molecule has 1 aromatic rings. The number of hydrogen-bond donors (Lipinski definition) is 1. The lowest BCUT2D eigenvalue weighted by molar-refractivity contribution is -0.0257. The van der Waals surface area contributed by atoms with E-state index in [1.165, 1.54) is 5.56 Å². The summed E-state index contributed by atoms with van der Waals surface area (Å²) >= 11 is 3.54. The predicted molar refractivity (Wildman–Crippen MR) is 83.3 cm³/mol. The van der Waals surface area contributed by atoms with Gasteiger partial charge in [0.1, 0.15) is 0 Å². The number of halogens is 1. The Balaban J connectivity index is 1.93. The summed E-state index contributed by atoms with van der Waals surface area (Å²) < 4.78 is 6.97. The summed E-state index contributed by atoms with van der Waals surface area (Å²) in [5.41, 5.74) is 1.34. The van der Waals surface area contributed by atoms with Gasteiger partial charge < -0.3 is 10.1 Å². The molecule has 19 heavy (non-hydrogen) atoms. The third kappa shape index (κ3) is 4.30. The lowest BCUT2D eigenvalue weighted by Crippen LogP contribution is -2.41. The van der Waals surface area contributed by atoms with Crippen molar-refractivity contribution in [3.63, 3.8) is 0 Å². The number of hydrogen-bond acceptors (Lipinski definition) is 2. The van der Waals surface area contributed by atoms with E-state index >= 15 is 0 Å². The lowest BCUT2D eigenvalue weighted by atomic mass is 9.94. The second-order valence-corrected chi connectivity index (χ2v) is 6.73. The van der Waals surface area contributed by atoms with Gasteiger partial charge in [0.05, 0.1) is 6.10 Å². The summed E-state index contributed by atoms with van der Waals surface area (Å²) in [6, 6.07) is 9.49. The molecule has 1 aliphatic heterocycles. The van der Waals surface area contributed by atoms with E-state index in [-0.39, 0.29) is 0 Å². The fourth-order valence-corrected chi connectivity index (χ4v) is 3.09. The normalized spacial score (nSPS) is 25.5. The molecule has 0 radical (unpaired) electrons.